The highest BCUT2D eigenvalue weighted by Crippen LogP contribution is 2.25. The predicted octanol–water partition coefficient (Wildman–Crippen LogP) is 3.26. The molecule has 20 heavy (non-hydrogen) atoms. The molecule has 1 N–H and O–H groups in total. The smallest absolute Gasteiger partial charge is 0.230 e. The van der Waals surface area contributed by atoms with Crippen LogP contribution in [0, 0.1) is 0 Å². The molecule has 1 aliphatic rings. The van der Waals surface area contributed by atoms with Crippen LogP contribution in [0.4, 0.5) is 0 Å². The topological polar surface area (TPSA) is 32.3 Å². The summed E-state index contributed by atoms with van der Waals surface area (Å²) in [4.78, 5) is 16.1. The van der Waals surface area contributed by atoms with Crippen molar-refractivity contribution in [2.24, 2.45) is 0 Å². The molecule has 0 bridgehead atoms. The lowest BCUT2D eigenvalue weighted by molar-refractivity contribution is -0.135. The first kappa shape index (κ1) is 17.5. The van der Waals surface area contributed by atoms with Crippen molar-refractivity contribution in [3.05, 3.63) is 22.4 Å². The number of nitrogens with zero attached hydrogens (tertiary/aromatic N) is 1. The number of carbonyl (C=O) groups is 1. The summed E-state index contributed by atoms with van der Waals surface area (Å²) in [5, 5.41) is 5.42. The van der Waals surface area contributed by atoms with Crippen LogP contribution in [0.25, 0.3) is 0 Å². The average Bonchev–Trinajstić information content (AvgIpc) is 2.98. The second-order valence-electron chi connectivity index (χ2n) is 5.25. The standard InChI is InChI=1S/C15H24N2OS.ClH/c1-3-10-17(13-6-8-16-9-7-13)15(18)12(2)14-5-4-11-19-14;/h4-5,11-13,16H,3,6-10H2,1-2H3;1H. The van der Waals surface area contributed by atoms with Gasteiger partial charge in [-0.25, -0.2) is 0 Å². The quantitative estimate of drug-likeness (QED) is 0.904. The lowest BCUT2D eigenvalue weighted by Crippen LogP contribution is -2.47. The van der Waals surface area contributed by atoms with Crippen LogP contribution in [-0.2, 0) is 4.79 Å². The fraction of sp³-hybridized carbons (Fsp3) is 0.667. The Labute approximate surface area is 132 Å². The van der Waals surface area contributed by atoms with Gasteiger partial charge in [0.15, 0.2) is 0 Å². The second-order valence-corrected chi connectivity index (χ2v) is 6.23. The van der Waals surface area contributed by atoms with Gasteiger partial charge in [-0.3, -0.25) is 4.79 Å². The van der Waals surface area contributed by atoms with Gasteiger partial charge in [0.1, 0.15) is 0 Å². The van der Waals surface area contributed by atoms with Crippen LogP contribution in [-0.4, -0.2) is 36.5 Å². The third-order valence-electron chi connectivity index (χ3n) is 3.84. The third-order valence-corrected chi connectivity index (χ3v) is 4.89. The minimum absolute atomic E-state index is 0. The number of halogens is 1. The Bertz CT molecular complexity index is 391. The summed E-state index contributed by atoms with van der Waals surface area (Å²) >= 11 is 1.68. The number of nitrogens with one attached hydrogen (secondary N) is 1. The maximum absolute atomic E-state index is 12.7. The summed E-state index contributed by atoms with van der Waals surface area (Å²) in [5.41, 5.74) is 0. The van der Waals surface area contributed by atoms with Crippen molar-refractivity contribution < 1.29 is 4.79 Å². The predicted molar refractivity (Wildman–Crippen MR) is 87.9 cm³/mol. The minimum Gasteiger partial charge on any atom is -0.339 e. The van der Waals surface area contributed by atoms with Crippen molar-refractivity contribution >= 4 is 29.7 Å². The number of hydrogen-bond acceptors (Lipinski definition) is 3. The van der Waals surface area contributed by atoms with Gasteiger partial charge in [0.2, 0.25) is 5.91 Å². The Balaban J connectivity index is 0.00000200. The van der Waals surface area contributed by atoms with Crippen molar-refractivity contribution in [2.75, 3.05) is 19.6 Å². The Hall–Kier alpha value is -0.580. The van der Waals surface area contributed by atoms with Crippen molar-refractivity contribution in [3.8, 4) is 0 Å². The first-order valence-corrected chi connectivity index (χ1v) is 8.16. The molecule has 0 saturated carbocycles. The number of rotatable bonds is 5. The van der Waals surface area contributed by atoms with E-state index >= 15 is 0 Å². The van der Waals surface area contributed by atoms with Gasteiger partial charge in [-0.05, 0) is 50.7 Å². The lowest BCUT2D eigenvalue weighted by atomic mass is 10.0. The summed E-state index contributed by atoms with van der Waals surface area (Å²) in [6.45, 7) is 7.14. The SMILES string of the molecule is CCCN(C(=O)C(C)c1cccs1)C1CCNCC1.Cl. The monoisotopic (exact) mass is 316 g/mol. The number of carbonyl (C=O) groups excluding carboxylic acids is 1. The molecule has 1 atom stereocenters. The van der Waals surface area contributed by atoms with Gasteiger partial charge in [0.05, 0.1) is 5.92 Å². The van der Waals surface area contributed by atoms with Gasteiger partial charge in [-0.15, -0.1) is 23.7 Å². The molecule has 2 heterocycles. The highest BCUT2D eigenvalue weighted by molar-refractivity contribution is 7.10. The molecule has 5 heteroatoms. The number of hydrogen-bond donors (Lipinski definition) is 1. The Kier molecular flexibility index (Phi) is 7.56. The van der Waals surface area contributed by atoms with Crippen LogP contribution in [0.3, 0.4) is 0 Å². The molecule has 1 saturated heterocycles. The molecule has 1 amide bonds. The zero-order chi connectivity index (χ0) is 13.7. The molecule has 0 spiro atoms. The normalized spacial score (nSPS) is 17.3. The number of thiophene rings is 1. The van der Waals surface area contributed by atoms with E-state index in [1.54, 1.807) is 11.3 Å². The first-order chi connectivity index (χ1) is 9.24. The van der Waals surface area contributed by atoms with Gasteiger partial charge in [-0.1, -0.05) is 13.0 Å². The van der Waals surface area contributed by atoms with E-state index < -0.39 is 0 Å². The molecule has 1 aromatic heterocycles. The van der Waals surface area contributed by atoms with Gasteiger partial charge in [0.25, 0.3) is 0 Å². The summed E-state index contributed by atoms with van der Waals surface area (Å²) in [6.07, 6.45) is 3.21. The van der Waals surface area contributed by atoms with Crippen LogP contribution in [0.2, 0.25) is 0 Å². The lowest BCUT2D eigenvalue weighted by Gasteiger charge is -2.36. The van der Waals surface area contributed by atoms with Crippen molar-refractivity contribution in [1.29, 1.82) is 0 Å². The van der Waals surface area contributed by atoms with Crippen molar-refractivity contribution in [2.45, 2.75) is 45.1 Å². The molecule has 1 fully saturated rings. The summed E-state index contributed by atoms with van der Waals surface area (Å²) < 4.78 is 0. The van der Waals surface area contributed by atoms with Gasteiger partial charge < -0.3 is 10.2 Å². The molecule has 1 aromatic rings. The van der Waals surface area contributed by atoms with E-state index in [1.807, 2.05) is 18.4 Å². The molecule has 2 rings (SSSR count). The van der Waals surface area contributed by atoms with Gasteiger partial charge in [0, 0.05) is 17.5 Å². The number of piperidine rings is 1. The Morgan fingerprint density at radius 3 is 2.75 bits per heavy atom. The molecule has 0 radical (unpaired) electrons. The number of amides is 1. The first-order valence-electron chi connectivity index (χ1n) is 7.28. The molecule has 1 unspecified atom stereocenters. The van der Waals surface area contributed by atoms with Gasteiger partial charge in [-0.2, -0.15) is 0 Å². The molecule has 1 aliphatic heterocycles. The molecule has 114 valence electrons. The summed E-state index contributed by atoms with van der Waals surface area (Å²) in [6, 6.07) is 4.52. The minimum atomic E-state index is 0. The maximum Gasteiger partial charge on any atom is 0.230 e. The van der Waals surface area contributed by atoms with Crippen LogP contribution in [0.5, 0.6) is 0 Å². The Morgan fingerprint density at radius 1 is 1.50 bits per heavy atom. The highest BCUT2D eigenvalue weighted by Gasteiger charge is 2.28. The fourth-order valence-corrected chi connectivity index (χ4v) is 3.52. The van der Waals surface area contributed by atoms with Crippen LogP contribution in [0.15, 0.2) is 17.5 Å². The summed E-state index contributed by atoms with van der Waals surface area (Å²) in [7, 11) is 0. The summed E-state index contributed by atoms with van der Waals surface area (Å²) in [5.74, 6) is 0.303. The van der Waals surface area contributed by atoms with Gasteiger partial charge >= 0.3 is 0 Å². The van der Waals surface area contributed by atoms with Crippen LogP contribution in [0.1, 0.15) is 43.9 Å². The molecule has 0 aromatic carbocycles. The largest absolute Gasteiger partial charge is 0.339 e. The highest BCUT2D eigenvalue weighted by atomic mass is 35.5. The zero-order valence-electron chi connectivity index (χ0n) is 12.3. The molecular weight excluding hydrogens is 292 g/mol. The van der Waals surface area contributed by atoms with Crippen molar-refractivity contribution in [1.82, 2.24) is 10.2 Å². The molecule has 3 nitrogen and oxygen atoms in total. The zero-order valence-corrected chi connectivity index (χ0v) is 13.9. The molecular formula is C15H25ClN2OS. The van der Waals surface area contributed by atoms with E-state index in [2.05, 4.69) is 23.2 Å². The van der Waals surface area contributed by atoms with E-state index in [9.17, 15) is 4.79 Å². The average molecular weight is 317 g/mol. The maximum atomic E-state index is 12.7. The van der Waals surface area contributed by atoms with E-state index in [4.69, 9.17) is 0 Å². The van der Waals surface area contributed by atoms with Crippen LogP contribution >= 0.6 is 23.7 Å². The third kappa shape index (κ3) is 4.21. The van der Waals surface area contributed by atoms with Crippen molar-refractivity contribution in [3.63, 3.8) is 0 Å². The van der Waals surface area contributed by atoms with E-state index in [-0.39, 0.29) is 18.3 Å². The van der Waals surface area contributed by atoms with E-state index in [0.29, 0.717) is 11.9 Å². The fourth-order valence-electron chi connectivity index (χ4n) is 2.74. The molecule has 0 aliphatic carbocycles. The van der Waals surface area contributed by atoms with Crippen LogP contribution < -0.4 is 5.32 Å². The second kappa shape index (κ2) is 8.65. The van der Waals surface area contributed by atoms with E-state index in [0.717, 1.165) is 38.9 Å². The van der Waals surface area contributed by atoms with E-state index in [1.165, 1.54) is 4.88 Å². The Morgan fingerprint density at radius 2 is 2.20 bits per heavy atom.